The van der Waals surface area contributed by atoms with Crippen LogP contribution in [0.25, 0.3) is 11.3 Å². The molecule has 0 aliphatic carbocycles. The molecule has 10 nitrogen and oxygen atoms in total. The summed E-state index contributed by atoms with van der Waals surface area (Å²) in [6, 6.07) is 11.3. The zero-order chi connectivity index (χ0) is 25.1. The number of benzene rings is 1. The molecule has 1 amide bonds. The van der Waals surface area contributed by atoms with Crippen LogP contribution in [-0.4, -0.2) is 101 Å². The van der Waals surface area contributed by atoms with Gasteiger partial charge in [0.25, 0.3) is 0 Å². The van der Waals surface area contributed by atoms with E-state index in [1.165, 1.54) is 0 Å². The van der Waals surface area contributed by atoms with Crippen LogP contribution >= 0.6 is 0 Å². The molecule has 0 radical (unpaired) electrons. The first-order chi connectivity index (χ1) is 17.4. The average molecular weight is 489 g/mol. The summed E-state index contributed by atoms with van der Waals surface area (Å²) < 4.78 is 0. The Hall–Kier alpha value is -3.76. The summed E-state index contributed by atoms with van der Waals surface area (Å²) in [7, 11) is 3.84. The molecule has 8 rings (SSSR count). The monoisotopic (exact) mass is 488 g/mol. The van der Waals surface area contributed by atoms with E-state index >= 15 is 0 Å². The number of hydrogen-bond acceptors (Lipinski definition) is 9. The third kappa shape index (κ3) is 5.55. The number of nitrogens with zero attached hydrogens (tertiary/aromatic N) is 7. The molecule has 2 aromatic heterocycles. The molecule has 36 heavy (non-hydrogen) atoms. The molecule has 3 aromatic rings. The van der Waals surface area contributed by atoms with Crippen LogP contribution in [0.4, 0.5) is 17.5 Å². The first kappa shape index (κ1) is 24.0. The van der Waals surface area contributed by atoms with Crippen molar-refractivity contribution in [3.05, 3.63) is 54.4 Å². The van der Waals surface area contributed by atoms with Crippen molar-refractivity contribution in [2.45, 2.75) is 6.54 Å². The van der Waals surface area contributed by atoms with Gasteiger partial charge in [-0.2, -0.15) is 0 Å². The van der Waals surface area contributed by atoms with Crippen molar-refractivity contribution < 1.29 is 9.90 Å². The average Bonchev–Trinajstić information content (AvgIpc) is 2.90. The Morgan fingerprint density at radius 1 is 0.861 bits per heavy atom. The molecule has 1 saturated heterocycles. The van der Waals surface area contributed by atoms with Crippen molar-refractivity contribution in [2.75, 3.05) is 70.1 Å². The van der Waals surface area contributed by atoms with Crippen molar-refractivity contribution in [1.82, 2.24) is 29.7 Å². The molecule has 0 saturated carbocycles. The van der Waals surface area contributed by atoms with Crippen LogP contribution in [0.5, 0.6) is 5.75 Å². The molecule has 0 spiro atoms. The smallest absolute Gasteiger partial charge is 0.236 e. The Morgan fingerprint density at radius 2 is 1.61 bits per heavy atom. The molecule has 188 valence electrons. The number of carbonyl (C=O) groups excluding carboxylic acids is 1. The topological polar surface area (TPSA) is 101 Å². The lowest BCUT2D eigenvalue weighted by atomic mass is 10.1. The highest BCUT2D eigenvalue weighted by Crippen LogP contribution is 2.26. The van der Waals surface area contributed by atoms with Gasteiger partial charge in [0.1, 0.15) is 11.6 Å². The standard InChI is InChI=1S/C26H32N8O2/c1-31-9-10-32(2)25(36)18-34-13-11-33(12-14-34)17-20-15-21(4-5-23(20)35)29-26-27-8-7-22(30-26)19-3-6-24(31)28-16-19/h3-8,15-16,35H,9-14,17-18H2,1-2H3,(H,27,29,30). The maximum atomic E-state index is 12.8. The first-order valence-corrected chi connectivity index (χ1v) is 12.2. The van der Waals surface area contributed by atoms with E-state index in [2.05, 4.69) is 30.1 Å². The number of amides is 1. The fourth-order valence-corrected chi connectivity index (χ4v) is 4.46. The Kier molecular flexibility index (Phi) is 6.97. The number of pyridine rings is 1. The van der Waals surface area contributed by atoms with Crippen LogP contribution in [0.1, 0.15) is 5.56 Å². The van der Waals surface area contributed by atoms with Gasteiger partial charge in [0.05, 0.1) is 12.2 Å². The predicted molar refractivity (Wildman–Crippen MR) is 139 cm³/mol. The van der Waals surface area contributed by atoms with Gasteiger partial charge in [0.15, 0.2) is 0 Å². The Morgan fingerprint density at radius 3 is 2.36 bits per heavy atom. The van der Waals surface area contributed by atoms with Crippen LogP contribution in [0.3, 0.4) is 0 Å². The number of aromatic hydroxyl groups is 1. The number of anilines is 3. The molecule has 1 fully saturated rings. The zero-order valence-electron chi connectivity index (χ0n) is 20.8. The summed E-state index contributed by atoms with van der Waals surface area (Å²) in [5, 5.41) is 13.7. The van der Waals surface area contributed by atoms with E-state index in [0.29, 0.717) is 32.1 Å². The lowest BCUT2D eigenvalue weighted by Gasteiger charge is -2.35. The zero-order valence-corrected chi connectivity index (χ0v) is 20.8. The van der Waals surface area contributed by atoms with E-state index in [-0.39, 0.29) is 11.7 Å². The molecule has 1 aromatic carbocycles. The normalized spacial score (nSPS) is 21.0. The maximum Gasteiger partial charge on any atom is 0.236 e. The second kappa shape index (κ2) is 10.5. The fraction of sp³-hybridized carbons (Fsp3) is 0.385. The lowest BCUT2D eigenvalue weighted by Crippen LogP contribution is -2.49. The minimum atomic E-state index is 0.123. The Bertz CT molecular complexity index is 1210. The van der Waals surface area contributed by atoms with Crippen molar-refractivity contribution in [3.63, 3.8) is 0 Å². The van der Waals surface area contributed by atoms with Gasteiger partial charge in [-0.05, 0) is 36.4 Å². The molecule has 5 aliphatic rings. The number of carbonyl (C=O) groups is 1. The largest absolute Gasteiger partial charge is 0.508 e. The second-order valence-electron chi connectivity index (χ2n) is 9.43. The number of hydrogen-bond donors (Lipinski definition) is 2. The van der Waals surface area contributed by atoms with Crippen molar-refractivity contribution >= 4 is 23.4 Å². The molecule has 5 aliphatic heterocycles. The number of likely N-dealkylation sites (N-methyl/N-ethyl adjacent to an activating group) is 2. The predicted octanol–water partition coefficient (Wildman–Crippen LogP) is 2.01. The summed E-state index contributed by atoms with van der Waals surface area (Å²) >= 11 is 0. The highest BCUT2D eigenvalue weighted by Gasteiger charge is 2.22. The van der Waals surface area contributed by atoms with Gasteiger partial charge in [0.2, 0.25) is 11.9 Å². The SMILES string of the molecule is CN1CCN(C)c2ccc(cn2)-c2ccnc(n2)Nc2ccc(O)c(c2)CN2CCN(CC2)CC1=O. The second-order valence-corrected chi connectivity index (χ2v) is 9.43. The molecular weight excluding hydrogens is 456 g/mol. The third-order valence-electron chi connectivity index (χ3n) is 6.84. The third-order valence-corrected chi connectivity index (χ3v) is 6.84. The number of phenols is 1. The summed E-state index contributed by atoms with van der Waals surface area (Å²) in [5.41, 5.74) is 3.30. The van der Waals surface area contributed by atoms with Gasteiger partial charge in [-0.25, -0.2) is 15.0 Å². The summed E-state index contributed by atoms with van der Waals surface area (Å²) in [6.07, 6.45) is 3.52. The van der Waals surface area contributed by atoms with Gasteiger partial charge >= 0.3 is 0 Å². The molecular formula is C26H32N8O2. The number of phenolic OH excluding ortho intramolecular Hbond substituents is 1. The summed E-state index contributed by atoms with van der Waals surface area (Å²) in [5.74, 6) is 1.70. The summed E-state index contributed by atoms with van der Waals surface area (Å²) in [4.78, 5) is 34.8. The Labute approximate surface area is 211 Å². The molecule has 8 bridgehead atoms. The van der Waals surface area contributed by atoms with Crippen molar-refractivity contribution in [1.29, 1.82) is 0 Å². The Balaban J connectivity index is 1.43. The van der Waals surface area contributed by atoms with Gasteiger partial charge in [0, 0.05) is 89.1 Å². The minimum Gasteiger partial charge on any atom is -0.508 e. The number of piperazine rings is 1. The van der Waals surface area contributed by atoms with Gasteiger partial charge in [-0.3, -0.25) is 14.6 Å². The van der Waals surface area contributed by atoms with E-state index in [4.69, 9.17) is 0 Å². The molecule has 10 heteroatoms. The molecule has 0 unspecified atom stereocenters. The lowest BCUT2D eigenvalue weighted by molar-refractivity contribution is -0.131. The van der Waals surface area contributed by atoms with E-state index < -0.39 is 0 Å². The quantitative estimate of drug-likeness (QED) is 0.460. The minimum absolute atomic E-state index is 0.123. The first-order valence-electron chi connectivity index (χ1n) is 12.2. The van der Waals surface area contributed by atoms with Crippen LogP contribution in [0, 0.1) is 0 Å². The molecule has 2 N–H and O–H groups in total. The van der Waals surface area contributed by atoms with Gasteiger partial charge in [-0.15, -0.1) is 0 Å². The van der Waals surface area contributed by atoms with Crippen LogP contribution < -0.4 is 10.2 Å². The molecule has 7 heterocycles. The van der Waals surface area contributed by atoms with E-state index in [1.54, 1.807) is 23.4 Å². The number of nitrogens with one attached hydrogen (secondary N) is 1. The number of aromatic nitrogens is 3. The van der Waals surface area contributed by atoms with Gasteiger partial charge in [-0.1, -0.05) is 0 Å². The highest BCUT2D eigenvalue weighted by atomic mass is 16.3. The van der Waals surface area contributed by atoms with Gasteiger partial charge < -0.3 is 20.2 Å². The van der Waals surface area contributed by atoms with Crippen molar-refractivity contribution in [2.24, 2.45) is 0 Å². The van der Waals surface area contributed by atoms with E-state index in [9.17, 15) is 9.90 Å². The molecule has 0 atom stereocenters. The van der Waals surface area contributed by atoms with Crippen LogP contribution in [0.2, 0.25) is 0 Å². The maximum absolute atomic E-state index is 12.8. The van der Waals surface area contributed by atoms with E-state index in [1.807, 2.05) is 49.3 Å². The van der Waals surface area contributed by atoms with Crippen LogP contribution in [0.15, 0.2) is 48.8 Å². The van der Waals surface area contributed by atoms with Crippen LogP contribution in [-0.2, 0) is 11.3 Å². The van der Waals surface area contributed by atoms with Crippen molar-refractivity contribution in [3.8, 4) is 17.0 Å². The fourth-order valence-electron chi connectivity index (χ4n) is 4.46. The summed E-state index contributed by atoms with van der Waals surface area (Å²) in [6.45, 7) is 5.66. The number of rotatable bonds is 0. The highest BCUT2D eigenvalue weighted by molar-refractivity contribution is 5.78. The van der Waals surface area contributed by atoms with E-state index in [0.717, 1.165) is 54.5 Å².